The number of pyridine rings is 1. The number of piperazine rings is 1. The Morgan fingerprint density at radius 1 is 0.636 bits per heavy atom. The van der Waals surface area contributed by atoms with Crippen LogP contribution in [0.1, 0.15) is 0 Å². The van der Waals surface area contributed by atoms with Crippen molar-refractivity contribution in [1.29, 1.82) is 0 Å². The summed E-state index contributed by atoms with van der Waals surface area (Å²) in [6.07, 6.45) is -31.3. The van der Waals surface area contributed by atoms with Crippen molar-refractivity contribution in [3.63, 3.8) is 0 Å². The zero-order valence-electron chi connectivity index (χ0n) is 26.7. The molecule has 3 aromatic heterocycles. The average Bonchev–Trinajstić information content (AvgIpc) is 3.08. The second kappa shape index (κ2) is 15.2. The van der Waals surface area contributed by atoms with Crippen molar-refractivity contribution in [1.82, 2.24) is 34.9 Å². The summed E-state index contributed by atoms with van der Waals surface area (Å²) in [6.45, 7) is -1.09. The molecule has 5 rings (SSSR count). The van der Waals surface area contributed by atoms with E-state index in [1.165, 1.54) is 46.3 Å². The molecule has 0 aliphatic carbocycles. The molecule has 0 radical (unpaired) electrons. The lowest BCUT2D eigenvalue weighted by atomic mass is 10.3. The number of halogens is 12. The van der Waals surface area contributed by atoms with Gasteiger partial charge in [0.15, 0.2) is 0 Å². The number of alkyl halides is 12. The Morgan fingerprint density at radius 3 is 1.53 bits per heavy atom. The zero-order chi connectivity index (χ0) is 40.3. The molecule has 2 N–H and O–H groups in total. The topological polar surface area (TPSA) is 182 Å². The largest absolute Gasteiger partial charge is 0.440 e. The highest BCUT2D eigenvalue weighted by Gasteiger charge is 2.60. The van der Waals surface area contributed by atoms with Gasteiger partial charge in [0.1, 0.15) is 5.82 Å². The fourth-order valence-corrected chi connectivity index (χ4v) is 4.53. The number of nitrogens with one attached hydrogen (secondary N) is 2. The van der Waals surface area contributed by atoms with Crippen LogP contribution in [0.15, 0.2) is 48.7 Å². The molecule has 1 aliphatic heterocycles. The summed E-state index contributed by atoms with van der Waals surface area (Å²) >= 11 is 0. The molecule has 16 nitrogen and oxygen atoms in total. The number of ether oxygens (including phenoxy) is 2. The fraction of sp³-hybridized carbons (Fsp3) is 0.370. The summed E-state index contributed by atoms with van der Waals surface area (Å²) in [4.78, 5) is 38.9. The maximum absolute atomic E-state index is 13.3. The third-order valence-corrected chi connectivity index (χ3v) is 6.91. The Labute approximate surface area is 297 Å². The van der Waals surface area contributed by atoms with Crippen molar-refractivity contribution in [2.45, 2.75) is 36.9 Å². The van der Waals surface area contributed by atoms with Crippen LogP contribution in [0.25, 0.3) is 0 Å². The van der Waals surface area contributed by atoms with Gasteiger partial charge in [-0.3, -0.25) is 10.1 Å². The molecule has 1 saturated heterocycles. The molecule has 28 heteroatoms. The van der Waals surface area contributed by atoms with Crippen molar-refractivity contribution < 1.29 is 67.1 Å². The van der Waals surface area contributed by atoms with E-state index in [1.54, 1.807) is 0 Å². The molecule has 1 aliphatic rings. The molecular weight excluding hydrogens is 784 g/mol. The van der Waals surface area contributed by atoms with Gasteiger partial charge in [-0.2, -0.15) is 82.6 Å². The molecule has 4 heterocycles. The second-order valence-corrected chi connectivity index (χ2v) is 10.9. The van der Waals surface area contributed by atoms with E-state index in [0.717, 1.165) is 12.1 Å². The number of nitrogens with zero attached hydrogens (tertiary/aromatic N) is 10. The van der Waals surface area contributed by atoms with E-state index in [0.29, 0.717) is 0 Å². The van der Waals surface area contributed by atoms with Crippen LogP contribution in [-0.2, 0) is 0 Å². The molecule has 0 atom stereocenters. The first kappa shape index (κ1) is 39.9. The Morgan fingerprint density at radius 2 is 1.11 bits per heavy atom. The Hall–Kier alpha value is -6.25. The highest BCUT2D eigenvalue weighted by molar-refractivity contribution is 5.58. The molecule has 1 fully saturated rings. The van der Waals surface area contributed by atoms with Crippen molar-refractivity contribution in [2.24, 2.45) is 0 Å². The summed E-state index contributed by atoms with van der Waals surface area (Å²) in [5, 5.41) is 16.1. The lowest BCUT2D eigenvalue weighted by molar-refractivity contribution is -0.384. The number of nitro groups is 1. The van der Waals surface area contributed by atoms with Gasteiger partial charge in [0.05, 0.1) is 4.92 Å². The van der Waals surface area contributed by atoms with Crippen LogP contribution in [0.3, 0.4) is 0 Å². The number of anilines is 6. The van der Waals surface area contributed by atoms with Gasteiger partial charge >= 0.3 is 36.7 Å². The summed E-state index contributed by atoms with van der Waals surface area (Å²) in [5.41, 5.74) is -0.578. The van der Waals surface area contributed by atoms with Gasteiger partial charge in [0.2, 0.25) is 23.8 Å². The third kappa shape index (κ3) is 10.5. The van der Waals surface area contributed by atoms with E-state index in [2.05, 4.69) is 55.0 Å². The molecule has 4 aromatic rings. The number of hydrogen-bond acceptors (Lipinski definition) is 15. The highest BCUT2D eigenvalue weighted by Crippen LogP contribution is 2.38. The van der Waals surface area contributed by atoms with Crippen molar-refractivity contribution in [3.8, 4) is 12.0 Å². The summed E-state index contributed by atoms with van der Waals surface area (Å²) in [7, 11) is 0. The lowest BCUT2D eigenvalue weighted by Gasteiger charge is -2.35. The third-order valence-electron chi connectivity index (χ3n) is 6.91. The molecular formula is C27H20F12N12O4. The van der Waals surface area contributed by atoms with Gasteiger partial charge < -0.3 is 29.9 Å². The van der Waals surface area contributed by atoms with Gasteiger partial charge in [0.25, 0.3) is 17.9 Å². The summed E-state index contributed by atoms with van der Waals surface area (Å²) < 4.78 is 168. The molecule has 1 aromatic carbocycles. The summed E-state index contributed by atoms with van der Waals surface area (Å²) in [5.74, 6) is -2.38. The minimum absolute atomic E-state index is 0.0132. The van der Waals surface area contributed by atoms with Crippen molar-refractivity contribution in [2.75, 3.05) is 46.6 Å². The minimum atomic E-state index is -5.98. The Kier molecular flexibility index (Phi) is 11.1. The number of rotatable bonds is 11. The van der Waals surface area contributed by atoms with Crippen molar-refractivity contribution in [3.05, 3.63) is 58.8 Å². The minimum Gasteiger partial charge on any atom is -0.440 e. The molecule has 0 unspecified atom stereocenters. The zero-order valence-corrected chi connectivity index (χ0v) is 26.7. The molecule has 296 valence electrons. The van der Waals surface area contributed by atoms with Crippen LogP contribution in [0.4, 0.5) is 93.7 Å². The van der Waals surface area contributed by atoms with E-state index in [1.807, 2.05) is 0 Å². The number of non-ortho nitro benzene ring substituents is 1. The standard InChI is InChI=1S/C27H20F12N12O4/c28-24(29,30)16(25(31,32)33)54-22-45-18(41-13-4-3-5-14(12-13)51(52)53)43-20(47-22)49-8-10-50(11-9-49)21-44-19(42-15-6-1-2-7-40-15)46-23(48-21)55-17(26(34,35)36)27(37,38)39/h1-7,12,16-17H,8-11H2,(H,41,43,45,47)(H,40,42,44,46,48). The van der Waals surface area contributed by atoms with Gasteiger partial charge in [0, 0.05) is 50.2 Å². The first-order valence-corrected chi connectivity index (χ1v) is 14.9. The predicted molar refractivity (Wildman–Crippen MR) is 161 cm³/mol. The molecule has 55 heavy (non-hydrogen) atoms. The smallest absolute Gasteiger partial charge is 0.434 e. The van der Waals surface area contributed by atoms with Gasteiger partial charge in [-0.1, -0.05) is 12.1 Å². The SMILES string of the molecule is O=[N+]([O-])c1cccc(Nc2nc(OC(C(F)(F)F)C(F)(F)F)nc(N3CCN(c4nc(Nc5ccccn5)nc(OC(C(F)(F)F)C(F)(F)F)n4)CC3)n2)c1. The Bertz CT molecular complexity index is 1930. The van der Waals surface area contributed by atoms with Crippen LogP contribution in [0, 0.1) is 10.1 Å². The number of benzene rings is 1. The van der Waals surface area contributed by atoms with Crippen LogP contribution < -0.4 is 29.9 Å². The first-order chi connectivity index (χ1) is 25.6. The Balaban J connectivity index is 1.44. The molecule has 0 saturated carbocycles. The van der Waals surface area contributed by atoms with Gasteiger partial charge in [-0.05, 0) is 18.2 Å². The fourth-order valence-electron chi connectivity index (χ4n) is 4.53. The second-order valence-electron chi connectivity index (χ2n) is 10.9. The quantitative estimate of drug-likeness (QED) is 0.104. The summed E-state index contributed by atoms with van der Waals surface area (Å²) in [6, 6.07) is 5.94. The highest BCUT2D eigenvalue weighted by atomic mass is 19.4. The normalized spacial score (nSPS) is 14.3. The number of hydrogen-bond donors (Lipinski definition) is 2. The number of aromatic nitrogens is 7. The van der Waals surface area contributed by atoms with E-state index < -0.39 is 83.3 Å². The van der Waals surface area contributed by atoms with Gasteiger partial charge in [-0.25, -0.2) is 4.98 Å². The van der Waals surface area contributed by atoms with Crippen LogP contribution in [0.2, 0.25) is 0 Å². The van der Waals surface area contributed by atoms with Crippen LogP contribution >= 0.6 is 0 Å². The van der Waals surface area contributed by atoms with E-state index in [-0.39, 0.29) is 37.7 Å². The predicted octanol–water partition coefficient (Wildman–Crippen LogP) is 5.92. The van der Waals surface area contributed by atoms with E-state index >= 15 is 0 Å². The van der Waals surface area contributed by atoms with Gasteiger partial charge in [-0.15, -0.1) is 0 Å². The van der Waals surface area contributed by atoms with Crippen LogP contribution in [0.5, 0.6) is 12.0 Å². The monoisotopic (exact) mass is 804 g/mol. The van der Waals surface area contributed by atoms with E-state index in [9.17, 15) is 62.8 Å². The maximum Gasteiger partial charge on any atom is 0.434 e. The average molecular weight is 805 g/mol. The molecule has 0 spiro atoms. The molecule has 0 bridgehead atoms. The number of nitro benzene ring substituents is 1. The van der Waals surface area contributed by atoms with Crippen LogP contribution in [-0.4, -0.2) is 103 Å². The van der Waals surface area contributed by atoms with E-state index in [4.69, 9.17) is 0 Å². The first-order valence-electron chi connectivity index (χ1n) is 14.9. The maximum atomic E-state index is 13.3. The van der Waals surface area contributed by atoms with Crippen molar-refractivity contribution >= 4 is 41.0 Å². The molecule has 0 amide bonds. The lowest BCUT2D eigenvalue weighted by Crippen LogP contribution is -2.48.